The first kappa shape index (κ1) is 25.0. The minimum absolute atomic E-state index is 0.0471. The average Bonchev–Trinajstić information content (AvgIpc) is 3.63. The van der Waals surface area contributed by atoms with Gasteiger partial charge in [0, 0.05) is 7.11 Å². The monoisotopic (exact) mass is 453 g/mol. The number of allylic oxidation sites excluding steroid dienone is 1. The van der Waals surface area contributed by atoms with Crippen molar-refractivity contribution in [1.29, 1.82) is 0 Å². The van der Waals surface area contributed by atoms with Gasteiger partial charge in [0.05, 0.1) is 25.7 Å². The van der Waals surface area contributed by atoms with Crippen LogP contribution in [0.5, 0.6) is 0 Å². The number of methoxy groups -OCH3 is 2. The zero-order valence-corrected chi connectivity index (χ0v) is 20.4. The van der Waals surface area contributed by atoms with Crippen molar-refractivity contribution >= 4 is 12.1 Å². The number of ether oxygens (including phenoxy) is 5. The predicted octanol–water partition coefficient (Wildman–Crippen LogP) is 3.38. The molecule has 7 atom stereocenters. The maximum atomic E-state index is 12.7. The van der Waals surface area contributed by atoms with Crippen molar-refractivity contribution in [3.05, 3.63) is 11.6 Å². The first-order chi connectivity index (χ1) is 15.1. The van der Waals surface area contributed by atoms with E-state index in [1.165, 1.54) is 12.7 Å². The lowest BCUT2D eigenvalue weighted by atomic mass is 9.68. The minimum atomic E-state index is -0.747. The van der Waals surface area contributed by atoms with E-state index in [0.29, 0.717) is 19.4 Å². The second-order valence-electron chi connectivity index (χ2n) is 10.2. The van der Waals surface area contributed by atoms with Crippen molar-refractivity contribution in [2.75, 3.05) is 20.8 Å². The molecule has 182 valence electrons. The Labute approximate surface area is 191 Å². The van der Waals surface area contributed by atoms with Crippen LogP contribution in [0.25, 0.3) is 0 Å². The fraction of sp³-hybridized carbons (Fsp3) is 0.833. The van der Waals surface area contributed by atoms with E-state index in [1.807, 2.05) is 13.8 Å². The summed E-state index contributed by atoms with van der Waals surface area (Å²) in [6.07, 6.45) is 3.53. The highest BCUT2D eigenvalue weighted by Gasteiger charge is 2.72. The molecule has 8 nitrogen and oxygen atoms in total. The molecule has 8 heteroatoms. The van der Waals surface area contributed by atoms with Crippen LogP contribution in [0.1, 0.15) is 60.3 Å². The lowest BCUT2D eigenvalue weighted by molar-refractivity contribution is -0.143. The molecule has 2 saturated heterocycles. The number of nitrogens with one attached hydrogen (secondary N) is 1. The van der Waals surface area contributed by atoms with Crippen LogP contribution in [-0.2, 0) is 28.5 Å². The van der Waals surface area contributed by atoms with Gasteiger partial charge in [-0.15, -0.1) is 0 Å². The standard InChI is InChI=1S/C24H39NO7/c1-14(2)8-9-18-23(5,32-18)20-19(28-6)17(10-11-24(20)13-30-24)31-22(27)25-16(12-15(3)4)21(26)29-7/h8,15-20H,9-13H2,1-7H3,(H,25,27)/t16?,17-,18-,19+,20-,23+,24+/m1/s1. The molecule has 2 aliphatic heterocycles. The molecule has 3 fully saturated rings. The molecule has 1 amide bonds. The smallest absolute Gasteiger partial charge is 0.408 e. The number of esters is 1. The molecule has 0 bridgehead atoms. The summed E-state index contributed by atoms with van der Waals surface area (Å²) in [5, 5.41) is 2.68. The van der Waals surface area contributed by atoms with E-state index in [0.717, 1.165) is 12.8 Å². The molecule has 3 rings (SSSR count). The molecule has 1 aliphatic carbocycles. The molecular formula is C24H39NO7. The van der Waals surface area contributed by atoms with E-state index in [2.05, 4.69) is 32.2 Å². The summed E-state index contributed by atoms with van der Waals surface area (Å²) in [5.74, 6) is -0.317. The molecule has 3 aliphatic rings. The van der Waals surface area contributed by atoms with Crippen molar-refractivity contribution in [2.45, 2.75) is 95.9 Å². The molecule has 0 aromatic carbocycles. The SMILES string of the molecule is COC(=O)C(CC(C)C)NC(=O)O[C@@H]1CC[C@]2(CO2)[C@@H]([C@@]2(C)O[C@@H]2CC=C(C)C)[C@H]1OC. The fourth-order valence-corrected chi connectivity index (χ4v) is 5.21. The second kappa shape index (κ2) is 9.69. The number of carbonyl (C=O) groups is 2. The third-order valence-electron chi connectivity index (χ3n) is 6.98. The third kappa shape index (κ3) is 5.29. The largest absolute Gasteiger partial charge is 0.467 e. The van der Waals surface area contributed by atoms with E-state index in [1.54, 1.807) is 7.11 Å². The van der Waals surface area contributed by atoms with Crippen LogP contribution in [-0.4, -0.2) is 68.4 Å². The lowest BCUT2D eigenvalue weighted by Crippen LogP contribution is -2.56. The number of rotatable bonds is 9. The van der Waals surface area contributed by atoms with Crippen LogP contribution in [0.15, 0.2) is 11.6 Å². The number of carbonyl (C=O) groups excluding carboxylic acids is 2. The van der Waals surface area contributed by atoms with E-state index >= 15 is 0 Å². The molecule has 0 radical (unpaired) electrons. The molecule has 0 aromatic heterocycles. The summed E-state index contributed by atoms with van der Waals surface area (Å²) in [5.41, 5.74) is 0.581. The zero-order valence-electron chi connectivity index (χ0n) is 20.4. The van der Waals surface area contributed by atoms with Crippen molar-refractivity contribution in [1.82, 2.24) is 5.32 Å². The summed E-state index contributed by atoms with van der Waals surface area (Å²) in [6.45, 7) is 10.9. The fourth-order valence-electron chi connectivity index (χ4n) is 5.21. The Morgan fingerprint density at radius 3 is 2.47 bits per heavy atom. The van der Waals surface area contributed by atoms with Crippen LogP contribution in [0, 0.1) is 11.8 Å². The lowest BCUT2D eigenvalue weighted by Gasteiger charge is -2.42. The van der Waals surface area contributed by atoms with Crippen LogP contribution >= 0.6 is 0 Å². The molecule has 1 saturated carbocycles. The maximum absolute atomic E-state index is 12.7. The predicted molar refractivity (Wildman–Crippen MR) is 118 cm³/mol. The molecule has 32 heavy (non-hydrogen) atoms. The van der Waals surface area contributed by atoms with E-state index in [4.69, 9.17) is 23.7 Å². The van der Waals surface area contributed by atoms with Crippen molar-refractivity contribution in [2.24, 2.45) is 11.8 Å². The Morgan fingerprint density at radius 2 is 1.94 bits per heavy atom. The van der Waals surface area contributed by atoms with Gasteiger partial charge in [0.25, 0.3) is 0 Å². The number of epoxide rings is 2. The van der Waals surface area contributed by atoms with Gasteiger partial charge < -0.3 is 29.0 Å². The highest BCUT2D eigenvalue weighted by atomic mass is 16.6. The van der Waals surface area contributed by atoms with E-state index in [-0.39, 0.29) is 29.6 Å². The van der Waals surface area contributed by atoms with Gasteiger partial charge in [-0.05, 0) is 52.4 Å². The number of hydrogen-bond donors (Lipinski definition) is 1. The summed E-state index contributed by atoms with van der Waals surface area (Å²) in [6, 6.07) is -0.747. The zero-order chi connectivity index (χ0) is 23.7. The molecule has 1 spiro atoms. The highest BCUT2D eigenvalue weighted by Crippen LogP contribution is 2.59. The second-order valence-corrected chi connectivity index (χ2v) is 10.2. The first-order valence-electron chi connectivity index (χ1n) is 11.6. The van der Waals surface area contributed by atoms with Gasteiger partial charge in [-0.2, -0.15) is 0 Å². The van der Waals surface area contributed by atoms with Gasteiger partial charge in [0.2, 0.25) is 0 Å². The number of amides is 1. The van der Waals surface area contributed by atoms with Crippen molar-refractivity contribution in [3.8, 4) is 0 Å². The van der Waals surface area contributed by atoms with Gasteiger partial charge in [-0.3, -0.25) is 0 Å². The van der Waals surface area contributed by atoms with Gasteiger partial charge in [0.1, 0.15) is 29.5 Å². The van der Waals surface area contributed by atoms with Gasteiger partial charge >= 0.3 is 12.1 Å². The van der Waals surface area contributed by atoms with Crippen LogP contribution in [0.3, 0.4) is 0 Å². The van der Waals surface area contributed by atoms with Crippen molar-refractivity contribution < 1.29 is 33.3 Å². The number of hydrogen-bond acceptors (Lipinski definition) is 7. The average molecular weight is 454 g/mol. The van der Waals surface area contributed by atoms with Crippen LogP contribution < -0.4 is 5.32 Å². The first-order valence-corrected chi connectivity index (χ1v) is 11.6. The van der Waals surface area contributed by atoms with E-state index < -0.39 is 29.8 Å². The number of alkyl carbamates (subject to hydrolysis) is 1. The molecule has 1 unspecified atom stereocenters. The van der Waals surface area contributed by atoms with Gasteiger partial charge in [0.15, 0.2) is 0 Å². The third-order valence-corrected chi connectivity index (χ3v) is 6.98. The van der Waals surface area contributed by atoms with Gasteiger partial charge in [-0.25, -0.2) is 9.59 Å². The van der Waals surface area contributed by atoms with E-state index in [9.17, 15) is 9.59 Å². The van der Waals surface area contributed by atoms with Crippen LogP contribution in [0.2, 0.25) is 0 Å². The summed E-state index contributed by atoms with van der Waals surface area (Å²) < 4.78 is 28.7. The normalized spacial score (nSPS) is 36.4. The molecular weight excluding hydrogens is 414 g/mol. The Bertz CT molecular complexity index is 728. The van der Waals surface area contributed by atoms with Crippen LogP contribution in [0.4, 0.5) is 4.79 Å². The summed E-state index contributed by atoms with van der Waals surface area (Å²) >= 11 is 0. The molecule has 0 aromatic rings. The maximum Gasteiger partial charge on any atom is 0.408 e. The summed E-state index contributed by atoms with van der Waals surface area (Å²) in [7, 11) is 2.95. The highest BCUT2D eigenvalue weighted by molar-refractivity contribution is 5.81. The molecule has 1 N–H and O–H groups in total. The Hall–Kier alpha value is -1.64. The summed E-state index contributed by atoms with van der Waals surface area (Å²) in [4.78, 5) is 24.8. The topological polar surface area (TPSA) is 98.9 Å². The molecule has 2 heterocycles. The Balaban J connectivity index is 1.69. The Kier molecular flexibility index (Phi) is 7.57. The van der Waals surface area contributed by atoms with Crippen molar-refractivity contribution in [3.63, 3.8) is 0 Å². The Morgan fingerprint density at radius 1 is 1.25 bits per heavy atom. The quantitative estimate of drug-likeness (QED) is 0.325. The van der Waals surface area contributed by atoms with Gasteiger partial charge in [-0.1, -0.05) is 25.5 Å². The minimum Gasteiger partial charge on any atom is -0.467 e.